The molecule has 1 heterocycles. The summed E-state index contributed by atoms with van der Waals surface area (Å²) in [4.78, 5) is 12.2. The number of nitriles is 1. The number of carbonyl (C=O) groups excluding carboxylic acids is 1. The van der Waals surface area contributed by atoms with Crippen molar-refractivity contribution in [2.24, 2.45) is 0 Å². The van der Waals surface area contributed by atoms with Gasteiger partial charge in [-0.3, -0.25) is 4.79 Å². The van der Waals surface area contributed by atoms with Gasteiger partial charge in [0, 0.05) is 28.9 Å². The molecule has 0 radical (unpaired) electrons. The first-order chi connectivity index (χ1) is 11.6. The summed E-state index contributed by atoms with van der Waals surface area (Å²) in [6, 6.07) is 13.7. The second-order valence-electron chi connectivity index (χ2n) is 5.20. The van der Waals surface area contributed by atoms with Gasteiger partial charge in [0.2, 0.25) is 5.91 Å². The van der Waals surface area contributed by atoms with Crippen molar-refractivity contribution >= 4 is 22.5 Å². The molecule has 3 rings (SSSR count). The van der Waals surface area contributed by atoms with Gasteiger partial charge in [0.25, 0.3) is 0 Å². The second-order valence-corrected chi connectivity index (χ2v) is 5.20. The van der Waals surface area contributed by atoms with Gasteiger partial charge in [-0.15, -0.1) is 0 Å². The molecule has 0 unspecified atom stereocenters. The average molecular weight is 323 g/mol. The second kappa shape index (κ2) is 6.42. The first kappa shape index (κ1) is 15.6. The summed E-state index contributed by atoms with van der Waals surface area (Å²) in [6.07, 6.45) is 1.64. The molecule has 2 aromatic carbocycles. The fourth-order valence-corrected chi connectivity index (χ4v) is 2.57. The number of nitrogens with zero attached hydrogens (tertiary/aromatic N) is 2. The molecule has 5 nitrogen and oxygen atoms in total. The maximum atomic E-state index is 13.7. The molecule has 6 heteroatoms. The van der Waals surface area contributed by atoms with E-state index < -0.39 is 5.82 Å². The number of para-hydroxylation sites is 1. The highest BCUT2D eigenvalue weighted by Crippen LogP contribution is 2.22. The highest BCUT2D eigenvalue weighted by atomic mass is 19.1. The zero-order valence-electron chi connectivity index (χ0n) is 12.9. The first-order valence-corrected chi connectivity index (χ1v) is 7.23. The van der Waals surface area contributed by atoms with Gasteiger partial charge in [-0.05, 0) is 18.2 Å². The molecular weight excluding hydrogens is 309 g/mol. The number of nitrogens with one attached hydrogen (secondary N) is 1. The number of aromatic nitrogens is 1. The topological polar surface area (TPSA) is 67.0 Å². The van der Waals surface area contributed by atoms with Gasteiger partial charge in [-0.1, -0.05) is 18.2 Å². The van der Waals surface area contributed by atoms with Crippen molar-refractivity contribution in [1.82, 2.24) is 4.57 Å². The Hall–Kier alpha value is -3.33. The summed E-state index contributed by atoms with van der Waals surface area (Å²) in [6.45, 7) is 0.0237. The Morgan fingerprint density at radius 3 is 2.83 bits per heavy atom. The Morgan fingerprint density at radius 1 is 1.33 bits per heavy atom. The number of anilines is 1. The van der Waals surface area contributed by atoms with Crippen molar-refractivity contribution in [3.8, 4) is 11.8 Å². The quantitative estimate of drug-likeness (QED) is 0.801. The molecule has 0 atom stereocenters. The standard InChI is InChI=1S/C18H14FN3O2/c1-24-17-7-6-13(8-15(17)19)21-18(23)11-22-10-12(9-20)14-4-2-3-5-16(14)22/h2-8,10H,11H2,1H3,(H,21,23). The number of halogens is 1. The van der Waals surface area contributed by atoms with Crippen LogP contribution in [0.3, 0.4) is 0 Å². The monoisotopic (exact) mass is 323 g/mol. The van der Waals surface area contributed by atoms with Crippen molar-refractivity contribution < 1.29 is 13.9 Å². The lowest BCUT2D eigenvalue weighted by Gasteiger charge is -2.09. The summed E-state index contributed by atoms with van der Waals surface area (Å²) in [5, 5.41) is 12.6. The van der Waals surface area contributed by atoms with Crippen LogP contribution in [0.4, 0.5) is 10.1 Å². The number of ether oxygens (including phenoxy) is 1. The van der Waals surface area contributed by atoms with Crippen molar-refractivity contribution in [1.29, 1.82) is 5.26 Å². The number of rotatable bonds is 4. The molecule has 0 aliphatic carbocycles. The fraction of sp³-hybridized carbons (Fsp3) is 0.111. The van der Waals surface area contributed by atoms with Crippen LogP contribution < -0.4 is 10.1 Å². The Balaban J connectivity index is 1.81. The van der Waals surface area contributed by atoms with Crippen LogP contribution in [0.1, 0.15) is 5.56 Å². The van der Waals surface area contributed by atoms with E-state index in [1.165, 1.54) is 19.2 Å². The van der Waals surface area contributed by atoms with Crippen LogP contribution in [0.2, 0.25) is 0 Å². The summed E-state index contributed by atoms with van der Waals surface area (Å²) < 4.78 is 20.2. The van der Waals surface area contributed by atoms with E-state index in [9.17, 15) is 14.4 Å². The lowest BCUT2D eigenvalue weighted by molar-refractivity contribution is -0.116. The first-order valence-electron chi connectivity index (χ1n) is 7.23. The van der Waals surface area contributed by atoms with Crippen molar-refractivity contribution in [2.75, 3.05) is 12.4 Å². The highest BCUT2D eigenvalue weighted by Gasteiger charge is 2.11. The maximum absolute atomic E-state index is 13.7. The lowest BCUT2D eigenvalue weighted by atomic mass is 10.2. The van der Waals surface area contributed by atoms with Gasteiger partial charge >= 0.3 is 0 Å². The van der Waals surface area contributed by atoms with E-state index in [1.807, 2.05) is 24.3 Å². The molecule has 0 aliphatic rings. The molecular formula is C18H14FN3O2. The SMILES string of the molecule is COc1ccc(NC(=O)Cn2cc(C#N)c3ccccc32)cc1F. The van der Waals surface area contributed by atoms with Crippen LogP contribution in [0.25, 0.3) is 10.9 Å². The number of amides is 1. The van der Waals surface area contributed by atoms with Gasteiger partial charge in [-0.25, -0.2) is 4.39 Å². The minimum absolute atomic E-state index is 0.0237. The Kier molecular flexibility index (Phi) is 4.17. The van der Waals surface area contributed by atoms with Crippen LogP contribution in [0.5, 0.6) is 5.75 Å². The Morgan fingerprint density at radius 2 is 2.12 bits per heavy atom. The highest BCUT2D eigenvalue weighted by molar-refractivity contribution is 5.93. The smallest absolute Gasteiger partial charge is 0.244 e. The third kappa shape index (κ3) is 2.92. The van der Waals surface area contributed by atoms with Crippen LogP contribution in [-0.4, -0.2) is 17.6 Å². The van der Waals surface area contributed by atoms with Gasteiger partial charge in [0.1, 0.15) is 12.6 Å². The third-order valence-corrected chi connectivity index (χ3v) is 3.66. The number of carbonyl (C=O) groups is 1. The molecule has 0 saturated heterocycles. The number of hydrogen-bond acceptors (Lipinski definition) is 3. The predicted octanol–water partition coefficient (Wildman–Crippen LogP) is 3.30. The number of hydrogen-bond donors (Lipinski definition) is 1. The van der Waals surface area contributed by atoms with Crippen LogP contribution >= 0.6 is 0 Å². The van der Waals surface area contributed by atoms with Gasteiger partial charge < -0.3 is 14.6 Å². The van der Waals surface area contributed by atoms with Crippen LogP contribution in [0, 0.1) is 17.1 Å². The zero-order valence-corrected chi connectivity index (χ0v) is 12.9. The van der Waals surface area contributed by atoms with E-state index in [0.29, 0.717) is 11.3 Å². The summed E-state index contributed by atoms with van der Waals surface area (Å²) >= 11 is 0. The van der Waals surface area contributed by atoms with E-state index in [2.05, 4.69) is 11.4 Å². The van der Waals surface area contributed by atoms with Gasteiger partial charge in [-0.2, -0.15) is 5.26 Å². The fourth-order valence-electron chi connectivity index (χ4n) is 2.57. The minimum Gasteiger partial charge on any atom is -0.494 e. The molecule has 24 heavy (non-hydrogen) atoms. The summed E-state index contributed by atoms with van der Waals surface area (Å²) in [5.74, 6) is -0.749. The number of methoxy groups -OCH3 is 1. The molecule has 1 N–H and O–H groups in total. The van der Waals surface area contributed by atoms with Crippen molar-refractivity contribution in [3.05, 3.63) is 60.0 Å². The maximum Gasteiger partial charge on any atom is 0.244 e. The molecule has 1 aromatic heterocycles. The lowest BCUT2D eigenvalue weighted by Crippen LogP contribution is -2.18. The van der Waals surface area contributed by atoms with Crippen LogP contribution in [-0.2, 0) is 11.3 Å². The van der Waals surface area contributed by atoms with Crippen LogP contribution in [0.15, 0.2) is 48.7 Å². The molecule has 0 saturated carbocycles. The van der Waals surface area contributed by atoms with E-state index in [0.717, 1.165) is 10.9 Å². The summed E-state index contributed by atoms with van der Waals surface area (Å²) in [5.41, 5.74) is 1.65. The molecule has 120 valence electrons. The van der Waals surface area contributed by atoms with E-state index in [-0.39, 0.29) is 18.2 Å². The molecule has 0 spiro atoms. The molecule has 0 fully saturated rings. The van der Waals surface area contributed by atoms with Crippen molar-refractivity contribution in [2.45, 2.75) is 6.54 Å². The minimum atomic E-state index is -0.548. The van der Waals surface area contributed by atoms with Gasteiger partial charge in [0.05, 0.1) is 12.7 Å². The molecule has 1 amide bonds. The average Bonchev–Trinajstić information content (AvgIpc) is 2.93. The van der Waals surface area contributed by atoms with E-state index in [4.69, 9.17) is 4.74 Å². The summed E-state index contributed by atoms with van der Waals surface area (Å²) in [7, 11) is 1.38. The predicted molar refractivity (Wildman–Crippen MR) is 88.2 cm³/mol. The third-order valence-electron chi connectivity index (χ3n) is 3.66. The molecule has 3 aromatic rings. The largest absolute Gasteiger partial charge is 0.494 e. The number of benzene rings is 2. The normalized spacial score (nSPS) is 10.4. The molecule has 0 bridgehead atoms. The van der Waals surface area contributed by atoms with Gasteiger partial charge in [0.15, 0.2) is 11.6 Å². The van der Waals surface area contributed by atoms with Crippen molar-refractivity contribution in [3.63, 3.8) is 0 Å². The Labute approximate surface area is 137 Å². The Bertz CT molecular complexity index is 957. The van der Waals surface area contributed by atoms with E-state index >= 15 is 0 Å². The van der Waals surface area contributed by atoms with E-state index in [1.54, 1.807) is 16.8 Å². The number of fused-ring (bicyclic) bond motifs is 1. The molecule has 0 aliphatic heterocycles. The zero-order chi connectivity index (χ0) is 17.1.